The summed E-state index contributed by atoms with van der Waals surface area (Å²) in [7, 11) is 0. The third-order valence-corrected chi connectivity index (χ3v) is 5.71. The summed E-state index contributed by atoms with van der Waals surface area (Å²) in [5, 5.41) is 3.11. The fourth-order valence-electron chi connectivity index (χ4n) is 3.96. The Bertz CT molecular complexity index is 803. The van der Waals surface area contributed by atoms with Crippen LogP contribution in [0.15, 0.2) is 48.5 Å². The smallest absolute Gasteiger partial charge is 0.261 e. The molecule has 0 aliphatic carbocycles. The van der Waals surface area contributed by atoms with E-state index in [-0.39, 0.29) is 11.9 Å². The number of aryl methyl sites for hydroxylation is 1. The third kappa shape index (κ3) is 5.75. The molecule has 3 atom stereocenters. The summed E-state index contributed by atoms with van der Waals surface area (Å²) in [6.07, 6.45) is 2.71. The Kier molecular flexibility index (Phi) is 7.18. The predicted octanol–water partition coefficient (Wildman–Crippen LogP) is 5.27. The number of ether oxygens (including phenoxy) is 1. The van der Waals surface area contributed by atoms with E-state index in [2.05, 4.69) is 41.4 Å². The van der Waals surface area contributed by atoms with Crippen LogP contribution in [-0.4, -0.2) is 25.1 Å². The molecule has 3 rings (SSSR count). The monoisotopic (exact) mass is 394 g/mol. The van der Waals surface area contributed by atoms with E-state index in [9.17, 15) is 4.79 Å². The van der Waals surface area contributed by atoms with Crippen molar-refractivity contribution in [3.8, 4) is 5.75 Å². The molecule has 4 nitrogen and oxygen atoms in total. The van der Waals surface area contributed by atoms with Gasteiger partial charge >= 0.3 is 0 Å². The van der Waals surface area contributed by atoms with Crippen LogP contribution >= 0.6 is 0 Å². The van der Waals surface area contributed by atoms with Gasteiger partial charge in [-0.2, -0.15) is 0 Å². The van der Waals surface area contributed by atoms with E-state index >= 15 is 0 Å². The summed E-state index contributed by atoms with van der Waals surface area (Å²) in [5.41, 5.74) is 3.50. The van der Waals surface area contributed by atoms with Crippen LogP contribution in [0.2, 0.25) is 0 Å². The van der Waals surface area contributed by atoms with Gasteiger partial charge in [0.1, 0.15) is 5.75 Å². The van der Waals surface area contributed by atoms with E-state index in [1.165, 1.54) is 18.5 Å². The van der Waals surface area contributed by atoms with Crippen molar-refractivity contribution in [2.45, 2.75) is 59.1 Å². The zero-order valence-electron chi connectivity index (χ0n) is 18.2. The van der Waals surface area contributed by atoms with E-state index < -0.39 is 6.10 Å². The lowest BCUT2D eigenvalue weighted by molar-refractivity contribution is -0.128. The molecule has 1 aliphatic heterocycles. The van der Waals surface area contributed by atoms with Crippen LogP contribution in [0.1, 0.15) is 57.2 Å². The van der Waals surface area contributed by atoms with E-state index in [1.54, 1.807) is 0 Å². The largest absolute Gasteiger partial charge is 0.481 e. The molecule has 4 heteroatoms. The van der Waals surface area contributed by atoms with Gasteiger partial charge in [-0.15, -0.1) is 0 Å². The predicted molar refractivity (Wildman–Crippen MR) is 119 cm³/mol. The highest BCUT2D eigenvalue weighted by Crippen LogP contribution is 2.25. The standard InChI is InChI=1S/C25H34N2O2/c1-5-24(29-23-10-6-8-18(2)16-23)25(28)26-20(4)21-11-13-22(14-12-21)27-15-7-9-19(3)17-27/h6,8,10-14,16,19-20,24H,5,7,9,15,17H2,1-4H3,(H,26,28)/t19-,20+,24-/m1/s1. The first-order valence-electron chi connectivity index (χ1n) is 10.8. The Morgan fingerprint density at radius 2 is 2.00 bits per heavy atom. The molecule has 2 aromatic rings. The molecule has 2 aromatic carbocycles. The van der Waals surface area contributed by atoms with Crippen molar-refractivity contribution in [2.75, 3.05) is 18.0 Å². The molecule has 0 aromatic heterocycles. The molecule has 1 N–H and O–H groups in total. The van der Waals surface area contributed by atoms with E-state index in [0.29, 0.717) is 6.42 Å². The quantitative estimate of drug-likeness (QED) is 0.696. The molecular weight excluding hydrogens is 360 g/mol. The normalized spacial score (nSPS) is 18.8. The van der Waals surface area contributed by atoms with Gasteiger partial charge in [-0.1, -0.05) is 38.1 Å². The zero-order valence-corrected chi connectivity index (χ0v) is 18.2. The Hall–Kier alpha value is -2.49. The van der Waals surface area contributed by atoms with Crippen molar-refractivity contribution in [3.05, 3.63) is 59.7 Å². The summed E-state index contributed by atoms with van der Waals surface area (Å²) in [5.74, 6) is 1.41. The van der Waals surface area contributed by atoms with Crippen LogP contribution in [0.5, 0.6) is 5.75 Å². The van der Waals surface area contributed by atoms with Crippen LogP contribution in [0, 0.1) is 12.8 Å². The number of hydrogen-bond acceptors (Lipinski definition) is 3. The molecule has 0 saturated carbocycles. The van der Waals surface area contributed by atoms with Gasteiger partial charge in [-0.3, -0.25) is 4.79 Å². The number of nitrogens with zero attached hydrogens (tertiary/aromatic N) is 1. The lowest BCUT2D eigenvalue weighted by Crippen LogP contribution is -2.39. The fourth-order valence-corrected chi connectivity index (χ4v) is 3.96. The molecule has 1 saturated heterocycles. The highest BCUT2D eigenvalue weighted by molar-refractivity contribution is 5.81. The number of amides is 1. The summed E-state index contributed by atoms with van der Waals surface area (Å²) in [4.78, 5) is 15.2. The van der Waals surface area contributed by atoms with Gasteiger partial charge in [-0.25, -0.2) is 0 Å². The van der Waals surface area contributed by atoms with Crippen molar-refractivity contribution in [1.29, 1.82) is 0 Å². The minimum atomic E-state index is -0.492. The Labute approximate surface area is 175 Å². The van der Waals surface area contributed by atoms with Crippen LogP contribution < -0.4 is 15.0 Å². The Morgan fingerprint density at radius 1 is 1.24 bits per heavy atom. The van der Waals surface area contributed by atoms with Crippen LogP contribution in [0.3, 0.4) is 0 Å². The van der Waals surface area contributed by atoms with Gasteiger partial charge in [-0.05, 0) is 74.4 Å². The number of anilines is 1. The second-order valence-corrected chi connectivity index (χ2v) is 8.35. The molecule has 1 aliphatic rings. The molecule has 1 fully saturated rings. The van der Waals surface area contributed by atoms with Gasteiger partial charge in [0, 0.05) is 18.8 Å². The molecule has 0 radical (unpaired) electrons. The number of piperidine rings is 1. The highest BCUT2D eigenvalue weighted by atomic mass is 16.5. The third-order valence-electron chi connectivity index (χ3n) is 5.71. The van der Waals surface area contributed by atoms with E-state index in [4.69, 9.17) is 4.74 Å². The molecular formula is C25H34N2O2. The fraction of sp³-hybridized carbons (Fsp3) is 0.480. The van der Waals surface area contributed by atoms with Gasteiger partial charge in [0.2, 0.25) is 0 Å². The highest BCUT2D eigenvalue weighted by Gasteiger charge is 2.21. The Morgan fingerprint density at radius 3 is 2.66 bits per heavy atom. The number of carbonyl (C=O) groups excluding carboxylic acids is 1. The molecule has 0 unspecified atom stereocenters. The van der Waals surface area contributed by atoms with Crippen molar-refractivity contribution < 1.29 is 9.53 Å². The Balaban J connectivity index is 1.59. The molecule has 29 heavy (non-hydrogen) atoms. The maximum absolute atomic E-state index is 12.8. The first-order chi connectivity index (χ1) is 14.0. The summed E-state index contributed by atoms with van der Waals surface area (Å²) < 4.78 is 5.93. The van der Waals surface area contributed by atoms with E-state index in [0.717, 1.165) is 35.9 Å². The zero-order chi connectivity index (χ0) is 20.8. The summed E-state index contributed by atoms with van der Waals surface area (Å²) in [6, 6.07) is 16.4. The number of nitrogens with one attached hydrogen (secondary N) is 1. The second kappa shape index (κ2) is 9.82. The maximum Gasteiger partial charge on any atom is 0.261 e. The lowest BCUT2D eigenvalue weighted by Gasteiger charge is -2.33. The van der Waals surface area contributed by atoms with Crippen molar-refractivity contribution in [1.82, 2.24) is 5.32 Å². The van der Waals surface area contributed by atoms with Crippen molar-refractivity contribution in [2.24, 2.45) is 5.92 Å². The van der Waals surface area contributed by atoms with Crippen molar-refractivity contribution in [3.63, 3.8) is 0 Å². The topological polar surface area (TPSA) is 41.6 Å². The lowest BCUT2D eigenvalue weighted by atomic mass is 9.99. The van der Waals surface area contributed by atoms with Gasteiger partial charge in [0.15, 0.2) is 6.10 Å². The maximum atomic E-state index is 12.8. The van der Waals surface area contributed by atoms with Gasteiger partial charge in [0.25, 0.3) is 5.91 Å². The average Bonchev–Trinajstić information content (AvgIpc) is 2.72. The first-order valence-corrected chi connectivity index (χ1v) is 10.8. The number of benzene rings is 2. The molecule has 1 amide bonds. The van der Waals surface area contributed by atoms with Gasteiger partial charge in [0.05, 0.1) is 6.04 Å². The summed E-state index contributed by atoms with van der Waals surface area (Å²) >= 11 is 0. The minimum absolute atomic E-state index is 0.0630. The van der Waals surface area contributed by atoms with E-state index in [1.807, 2.05) is 45.0 Å². The second-order valence-electron chi connectivity index (χ2n) is 8.35. The SMILES string of the molecule is CC[C@@H](Oc1cccc(C)c1)C(=O)N[C@@H](C)c1ccc(N2CCC[C@@H](C)C2)cc1. The number of rotatable bonds is 7. The van der Waals surface area contributed by atoms with Crippen LogP contribution in [0.4, 0.5) is 5.69 Å². The number of carbonyl (C=O) groups is 1. The molecule has 156 valence electrons. The number of hydrogen-bond donors (Lipinski definition) is 1. The minimum Gasteiger partial charge on any atom is -0.481 e. The average molecular weight is 395 g/mol. The summed E-state index contributed by atoms with van der Waals surface area (Å²) in [6.45, 7) is 10.6. The first kappa shape index (κ1) is 21.2. The van der Waals surface area contributed by atoms with Crippen molar-refractivity contribution >= 4 is 11.6 Å². The molecule has 0 spiro atoms. The molecule has 1 heterocycles. The van der Waals surface area contributed by atoms with Crippen LogP contribution in [0.25, 0.3) is 0 Å². The van der Waals surface area contributed by atoms with Gasteiger partial charge < -0.3 is 15.0 Å². The molecule has 0 bridgehead atoms. The van der Waals surface area contributed by atoms with Crippen LogP contribution in [-0.2, 0) is 4.79 Å².